The summed E-state index contributed by atoms with van der Waals surface area (Å²) in [5.41, 5.74) is 0.319. The zero-order valence-electron chi connectivity index (χ0n) is 20.3. The summed E-state index contributed by atoms with van der Waals surface area (Å²) in [6, 6.07) is 4.07. The summed E-state index contributed by atoms with van der Waals surface area (Å²) in [4.78, 5) is 27.8. The summed E-state index contributed by atoms with van der Waals surface area (Å²) in [7, 11) is -0.549. The first-order valence-corrected chi connectivity index (χ1v) is 12.6. The van der Waals surface area contributed by atoms with Crippen LogP contribution in [0.25, 0.3) is 0 Å². The number of nitrogens with one attached hydrogen (secondary N) is 1. The normalized spacial score (nSPS) is 16.1. The van der Waals surface area contributed by atoms with Gasteiger partial charge in [-0.1, -0.05) is 27.7 Å². The molecule has 1 heterocycles. The topological polar surface area (TPSA) is 108 Å². The van der Waals surface area contributed by atoms with Gasteiger partial charge in [0.2, 0.25) is 5.91 Å². The lowest BCUT2D eigenvalue weighted by molar-refractivity contribution is -0.135. The third-order valence-electron chi connectivity index (χ3n) is 5.74. The van der Waals surface area contributed by atoms with Crippen molar-refractivity contribution in [2.45, 2.75) is 33.7 Å². The zero-order chi connectivity index (χ0) is 24.8. The van der Waals surface area contributed by atoms with Crippen molar-refractivity contribution < 1.29 is 27.5 Å². The van der Waals surface area contributed by atoms with Crippen LogP contribution >= 0.6 is 0 Å². The van der Waals surface area contributed by atoms with E-state index in [9.17, 15) is 18.0 Å². The Hall–Kier alpha value is -2.37. The quantitative estimate of drug-likeness (QED) is 0.534. The van der Waals surface area contributed by atoms with E-state index < -0.39 is 22.2 Å². The molecule has 2 rings (SSSR count). The molecule has 10 nitrogen and oxygen atoms in total. The minimum absolute atomic E-state index is 0.161. The summed E-state index contributed by atoms with van der Waals surface area (Å²) in [5.74, 6) is 0.136. The lowest BCUT2D eigenvalue weighted by Crippen LogP contribution is -2.58. The molecule has 186 valence electrons. The second kappa shape index (κ2) is 11.7. The van der Waals surface area contributed by atoms with Gasteiger partial charge in [0.1, 0.15) is 17.5 Å². The molecule has 0 aromatic heterocycles. The fourth-order valence-electron chi connectivity index (χ4n) is 3.73. The van der Waals surface area contributed by atoms with E-state index in [1.807, 2.05) is 13.8 Å². The van der Waals surface area contributed by atoms with E-state index in [2.05, 4.69) is 5.32 Å². The number of carbonyl (C=O) groups is 2. The Morgan fingerprint density at radius 3 is 1.94 bits per heavy atom. The maximum absolute atomic E-state index is 13.2. The average molecular weight is 485 g/mol. The summed E-state index contributed by atoms with van der Waals surface area (Å²) in [6.07, 6.45) is 0. The number of nitrogens with zero attached hydrogens (tertiary/aromatic N) is 3. The summed E-state index contributed by atoms with van der Waals surface area (Å²) >= 11 is 0. The number of hydrogen-bond donors (Lipinski definition) is 1. The molecule has 0 radical (unpaired) electrons. The fraction of sp³-hybridized carbons (Fsp3) is 0.636. The van der Waals surface area contributed by atoms with E-state index >= 15 is 0 Å². The largest absolute Gasteiger partial charge is 0.497 e. The molecular weight excluding hydrogens is 448 g/mol. The minimum atomic E-state index is -3.54. The first-order valence-electron chi connectivity index (χ1n) is 11.2. The van der Waals surface area contributed by atoms with Gasteiger partial charge in [-0.3, -0.25) is 9.59 Å². The second-order valence-electron chi connectivity index (χ2n) is 8.11. The van der Waals surface area contributed by atoms with Gasteiger partial charge in [-0.25, -0.2) is 0 Å². The van der Waals surface area contributed by atoms with Crippen molar-refractivity contribution in [3.05, 3.63) is 23.8 Å². The molecule has 0 bridgehead atoms. The lowest BCUT2D eigenvalue weighted by Gasteiger charge is -2.38. The van der Waals surface area contributed by atoms with Crippen LogP contribution in [0.5, 0.6) is 11.5 Å². The van der Waals surface area contributed by atoms with Crippen molar-refractivity contribution >= 4 is 22.0 Å². The molecule has 0 saturated carbocycles. The molecule has 0 spiro atoms. The van der Waals surface area contributed by atoms with Crippen LogP contribution in [0.3, 0.4) is 0 Å². The second-order valence-corrected chi connectivity index (χ2v) is 10.0. The number of benzene rings is 1. The number of piperazine rings is 1. The van der Waals surface area contributed by atoms with E-state index in [1.54, 1.807) is 36.9 Å². The standard InChI is InChI=1S/C22H36N4O6S/c1-7-25(8-2)33(29,30)26-11-9-24(10-12-26)22(28)20(16(3)4)23-21(27)17-13-18(31-5)15-19(14-17)32-6/h13-16,20H,7-12H2,1-6H3,(H,23,27). The van der Waals surface area contributed by atoms with Crippen molar-refractivity contribution in [2.75, 3.05) is 53.5 Å². The fourth-order valence-corrected chi connectivity index (χ4v) is 5.33. The van der Waals surface area contributed by atoms with Crippen LogP contribution in [0.15, 0.2) is 18.2 Å². The number of carbonyl (C=O) groups excluding carboxylic acids is 2. The minimum Gasteiger partial charge on any atom is -0.497 e. The van der Waals surface area contributed by atoms with Crippen LogP contribution in [0, 0.1) is 5.92 Å². The predicted molar refractivity (Wildman–Crippen MR) is 126 cm³/mol. The Labute approximate surface area is 197 Å². The highest BCUT2D eigenvalue weighted by molar-refractivity contribution is 7.86. The van der Waals surface area contributed by atoms with Crippen molar-refractivity contribution in [1.82, 2.24) is 18.8 Å². The Morgan fingerprint density at radius 2 is 1.52 bits per heavy atom. The average Bonchev–Trinajstić information content (AvgIpc) is 2.81. The van der Waals surface area contributed by atoms with Gasteiger partial charge in [-0.2, -0.15) is 17.0 Å². The number of ether oxygens (including phenoxy) is 2. The van der Waals surface area contributed by atoms with Gasteiger partial charge < -0.3 is 19.7 Å². The maximum Gasteiger partial charge on any atom is 0.282 e. The predicted octanol–water partition coefficient (Wildman–Crippen LogP) is 1.19. The molecule has 33 heavy (non-hydrogen) atoms. The van der Waals surface area contributed by atoms with Gasteiger partial charge in [0.25, 0.3) is 16.1 Å². The van der Waals surface area contributed by atoms with Gasteiger partial charge >= 0.3 is 0 Å². The summed E-state index contributed by atoms with van der Waals surface area (Å²) in [5, 5.41) is 2.83. The Morgan fingerprint density at radius 1 is 1.00 bits per heavy atom. The van der Waals surface area contributed by atoms with Gasteiger partial charge in [0.15, 0.2) is 0 Å². The first-order chi connectivity index (χ1) is 15.6. The number of rotatable bonds is 10. The number of hydrogen-bond acceptors (Lipinski definition) is 6. The molecule has 1 aliphatic heterocycles. The Kier molecular flexibility index (Phi) is 9.50. The molecule has 1 aliphatic rings. The molecule has 0 aliphatic carbocycles. The van der Waals surface area contributed by atoms with Crippen molar-refractivity contribution in [3.8, 4) is 11.5 Å². The highest BCUT2D eigenvalue weighted by Crippen LogP contribution is 2.23. The lowest BCUT2D eigenvalue weighted by atomic mass is 10.0. The summed E-state index contributed by atoms with van der Waals surface area (Å²) < 4.78 is 38.7. The van der Waals surface area contributed by atoms with Gasteiger partial charge in [-0.15, -0.1) is 0 Å². The molecule has 11 heteroatoms. The van der Waals surface area contributed by atoms with Crippen LogP contribution < -0.4 is 14.8 Å². The third kappa shape index (κ3) is 6.36. The molecular formula is C22H36N4O6S. The van der Waals surface area contributed by atoms with E-state index in [-0.39, 0.29) is 38.0 Å². The van der Waals surface area contributed by atoms with E-state index in [1.165, 1.54) is 22.8 Å². The first kappa shape index (κ1) is 26.9. The van der Waals surface area contributed by atoms with Crippen LogP contribution in [0.2, 0.25) is 0 Å². The molecule has 1 saturated heterocycles. The van der Waals surface area contributed by atoms with Crippen molar-refractivity contribution in [2.24, 2.45) is 5.92 Å². The maximum atomic E-state index is 13.2. The molecule has 1 N–H and O–H groups in total. The molecule has 1 fully saturated rings. The molecule has 1 aromatic carbocycles. The van der Waals surface area contributed by atoms with E-state index in [0.29, 0.717) is 30.2 Å². The molecule has 2 amide bonds. The van der Waals surface area contributed by atoms with Gasteiger partial charge in [0.05, 0.1) is 14.2 Å². The van der Waals surface area contributed by atoms with E-state index in [4.69, 9.17) is 9.47 Å². The van der Waals surface area contributed by atoms with Crippen molar-refractivity contribution in [3.63, 3.8) is 0 Å². The molecule has 1 aromatic rings. The zero-order valence-corrected chi connectivity index (χ0v) is 21.1. The van der Waals surface area contributed by atoms with Crippen molar-refractivity contribution in [1.29, 1.82) is 0 Å². The van der Waals surface area contributed by atoms with Crippen LogP contribution in [-0.2, 0) is 15.0 Å². The van der Waals surface area contributed by atoms with Crippen LogP contribution in [0.1, 0.15) is 38.1 Å². The number of amides is 2. The summed E-state index contributed by atoms with van der Waals surface area (Å²) in [6.45, 7) is 9.09. The molecule has 1 atom stereocenters. The van der Waals surface area contributed by atoms with E-state index in [0.717, 1.165) is 0 Å². The van der Waals surface area contributed by atoms with Crippen LogP contribution in [0.4, 0.5) is 0 Å². The Bertz CT molecular complexity index is 903. The van der Waals surface area contributed by atoms with Gasteiger partial charge in [-0.05, 0) is 18.1 Å². The number of methoxy groups -OCH3 is 2. The molecule has 1 unspecified atom stereocenters. The monoisotopic (exact) mass is 484 g/mol. The smallest absolute Gasteiger partial charge is 0.282 e. The van der Waals surface area contributed by atoms with Gasteiger partial charge in [0, 0.05) is 50.9 Å². The van der Waals surface area contributed by atoms with Crippen LogP contribution in [-0.4, -0.2) is 93.3 Å². The Balaban J connectivity index is 2.10. The highest BCUT2D eigenvalue weighted by Gasteiger charge is 2.35. The SMILES string of the molecule is CCN(CC)S(=O)(=O)N1CCN(C(=O)C(NC(=O)c2cc(OC)cc(OC)c2)C(C)C)CC1. The third-order valence-corrected chi connectivity index (χ3v) is 7.93. The highest BCUT2D eigenvalue weighted by atomic mass is 32.2.